The SMILES string of the molecule is CCOc1cc(/C=C2/NC(=O)N(c3ccc(Cl)cc3)C2=O)c(Br)cc1OCC(=O)Nc1ccc(F)cc1. The summed E-state index contributed by atoms with van der Waals surface area (Å²) < 4.78 is 24.9. The van der Waals surface area contributed by atoms with Crippen LogP contribution in [0.1, 0.15) is 12.5 Å². The van der Waals surface area contributed by atoms with Gasteiger partial charge in [0.2, 0.25) is 0 Å². The predicted octanol–water partition coefficient (Wildman–Crippen LogP) is 5.76. The fourth-order valence-electron chi connectivity index (χ4n) is 3.43. The summed E-state index contributed by atoms with van der Waals surface area (Å²) in [5.41, 5.74) is 1.41. The third-order valence-corrected chi connectivity index (χ3v) is 6.05. The molecule has 8 nitrogen and oxygen atoms in total. The van der Waals surface area contributed by atoms with Crippen molar-refractivity contribution in [2.75, 3.05) is 23.4 Å². The van der Waals surface area contributed by atoms with Gasteiger partial charge in [0.05, 0.1) is 12.3 Å². The van der Waals surface area contributed by atoms with Crippen molar-refractivity contribution in [2.24, 2.45) is 0 Å². The zero-order valence-corrected chi connectivity index (χ0v) is 21.7. The topological polar surface area (TPSA) is 97.0 Å². The Labute approximate surface area is 225 Å². The molecule has 1 saturated heterocycles. The van der Waals surface area contributed by atoms with Gasteiger partial charge in [-0.25, -0.2) is 14.1 Å². The summed E-state index contributed by atoms with van der Waals surface area (Å²) in [7, 11) is 0. The second-order valence-electron chi connectivity index (χ2n) is 7.70. The number of hydrogen-bond donors (Lipinski definition) is 2. The van der Waals surface area contributed by atoms with E-state index in [4.69, 9.17) is 21.1 Å². The third-order valence-electron chi connectivity index (χ3n) is 5.11. The fourth-order valence-corrected chi connectivity index (χ4v) is 3.99. The van der Waals surface area contributed by atoms with E-state index in [1.165, 1.54) is 30.3 Å². The van der Waals surface area contributed by atoms with Crippen LogP contribution >= 0.6 is 27.5 Å². The molecule has 37 heavy (non-hydrogen) atoms. The summed E-state index contributed by atoms with van der Waals surface area (Å²) in [5.74, 6) is -0.770. The molecule has 3 aromatic carbocycles. The van der Waals surface area contributed by atoms with E-state index in [1.54, 1.807) is 43.3 Å². The molecule has 4 rings (SSSR count). The first kappa shape index (κ1) is 26.2. The summed E-state index contributed by atoms with van der Waals surface area (Å²) in [6.07, 6.45) is 1.51. The fraction of sp³-hybridized carbons (Fsp3) is 0.115. The zero-order valence-electron chi connectivity index (χ0n) is 19.4. The number of urea groups is 1. The zero-order chi connectivity index (χ0) is 26.5. The molecule has 0 aromatic heterocycles. The number of carbonyl (C=O) groups excluding carboxylic acids is 3. The van der Waals surface area contributed by atoms with Gasteiger partial charge in [-0.2, -0.15) is 0 Å². The van der Waals surface area contributed by atoms with Crippen LogP contribution in [-0.2, 0) is 9.59 Å². The summed E-state index contributed by atoms with van der Waals surface area (Å²) in [6.45, 7) is 1.78. The van der Waals surface area contributed by atoms with E-state index in [1.807, 2.05) is 0 Å². The van der Waals surface area contributed by atoms with E-state index in [-0.39, 0.29) is 18.1 Å². The quantitative estimate of drug-likeness (QED) is 0.258. The molecule has 0 spiro atoms. The van der Waals surface area contributed by atoms with Crippen molar-refractivity contribution in [3.05, 3.63) is 87.2 Å². The van der Waals surface area contributed by atoms with Crippen LogP contribution in [0.3, 0.4) is 0 Å². The highest BCUT2D eigenvalue weighted by atomic mass is 79.9. The number of rotatable bonds is 8. The number of benzene rings is 3. The van der Waals surface area contributed by atoms with Gasteiger partial charge in [-0.1, -0.05) is 27.5 Å². The number of nitrogens with zero attached hydrogens (tertiary/aromatic N) is 1. The Hall–Kier alpha value is -3.89. The Kier molecular flexibility index (Phi) is 8.10. The van der Waals surface area contributed by atoms with Crippen molar-refractivity contribution in [1.82, 2.24) is 5.32 Å². The maximum Gasteiger partial charge on any atom is 0.333 e. The number of anilines is 2. The average Bonchev–Trinajstić information content (AvgIpc) is 3.14. The largest absolute Gasteiger partial charge is 0.490 e. The molecule has 1 fully saturated rings. The Morgan fingerprint density at radius 3 is 2.43 bits per heavy atom. The molecule has 0 unspecified atom stereocenters. The van der Waals surface area contributed by atoms with E-state index in [0.29, 0.717) is 38.8 Å². The number of hydrogen-bond acceptors (Lipinski definition) is 5. The Balaban J connectivity index is 1.51. The van der Waals surface area contributed by atoms with Gasteiger partial charge in [0.25, 0.3) is 11.8 Å². The van der Waals surface area contributed by atoms with Crippen LogP contribution in [0, 0.1) is 5.82 Å². The molecule has 1 heterocycles. The number of ether oxygens (including phenoxy) is 2. The Morgan fingerprint density at radius 2 is 1.76 bits per heavy atom. The van der Waals surface area contributed by atoms with Crippen LogP contribution in [0.15, 0.2) is 70.8 Å². The second kappa shape index (κ2) is 11.4. The van der Waals surface area contributed by atoms with Gasteiger partial charge in [-0.3, -0.25) is 9.59 Å². The lowest BCUT2D eigenvalue weighted by molar-refractivity contribution is -0.118. The van der Waals surface area contributed by atoms with E-state index in [2.05, 4.69) is 26.6 Å². The molecule has 1 aliphatic heterocycles. The minimum absolute atomic E-state index is 0.0652. The van der Waals surface area contributed by atoms with Crippen molar-refractivity contribution < 1.29 is 28.2 Å². The van der Waals surface area contributed by atoms with Gasteiger partial charge in [0.15, 0.2) is 18.1 Å². The smallest absolute Gasteiger partial charge is 0.333 e. The van der Waals surface area contributed by atoms with E-state index in [0.717, 1.165) is 4.90 Å². The van der Waals surface area contributed by atoms with Crippen molar-refractivity contribution >= 4 is 62.8 Å². The highest BCUT2D eigenvalue weighted by molar-refractivity contribution is 9.10. The highest BCUT2D eigenvalue weighted by Crippen LogP contribution is 2.35. The molecule has 0 aliphatic carbocycles. The summed E-state index contributed by atoms with van der Waals surface area (Å²) in [4.78, 5) is 38.7. The second-order valence-corrected chi connectivity index (χ2v) is 8.99. The van der Waals surface area contributed by atoms with Crippen LogP contribution < -0.4 is 25.0 Å². The highest BCUT2D eigenvalue weighted by Gasteiger charge is 2.35. The molecule has 2 N–H and O–H groups in total. The summed E-state index contributed by atoms with van der Waals surface area (Å²) in [6, 6.07) is 14.3. The molecule has 0 radical (unpaired) electrons. The van der Waals surface area contributed by atoms with Crippen LogP contribution in [0.4, 0.5) is 20.6 Å². The van der Waals surface area contributed by atoms with Gasteiger partial charge in [-0.05, 0) is 79.2 Å². The minimum Gasteiger partial charge on any atom is -0.490 e. The molecule has 0 saturated carbocycles. The number of amides is 4. The lowest BCUT2D eigenvalue weighted by Gasteiger charge is -2.14. The van der Waals surface area contributed by atoms with Crippen LogP contribution in [-0.4, -0.2) is 31.1 Å². The van der Waals surface area contributed by atoms with E-state index >= 15 is 0 Å². The summed E-state index contributed by atoms with van der Waals surface area (Å²) >= 11 is 9.34. The van der Waals surface area contributed by atoms with Crippen molar-refractivity contribution in [3.63, 3.8) is 0 Å². The molecule has 4 amide bonds. The number of carbonyl (C=O) groups is 3. The first-order valence-electron chi connectivity index (χ1n) is 11.0. The number of imide groups is 1. The minimum atomic E-state index is -0.591. The first-order valence-corrected chi connectivity index (χ1v) is 12.2. The van der Waals surface area contributed by atoms with Gasteiger partial charge in [-0.15, -0.1) is 0 Å². The molecule has 0 atom stereocenters. The maximum absolute atomic E-state index is 13.1. The van der Waals surface area contributed by atoms with E-state index in [9.17, 15) is 18.8 Å². The maximum atomic E-state index is 13.1. The van der Waals surface area contributed by atoms with Crippen molar-refractivity contribution in [2.45, 2.75) is 6.92 Å². The molecular weight excluding hydrogens is 569 g/mol. The standard InChI is InChI=1S/C26H20BrClFN3O5/c1-2-36-22-12-15(11-21-25(34)32(26(35)31-21)19-9-3-16(28)4-10-19)20(27)13-23(22)37-14-24(33)30-18-7-5-17(29)6-8-18/h3-13H,2,14H2,1H3,(H,30,33)(H,31,35)/b21-11+. The lowest BCUT2D eigenvalue weighted by atomic mass is 10.1. The molecule has 11 heteroatoms. The van der Waals surface area contributed by atoms with E-state index < -0.39 is 23.7 Å². The molecule has 0 bridgehead atoms. The first-order chi connectivity index (χ1) is 17.7. The lowest BCUT2D eigenvalue weighted by Crippen LogP contribution is -2.30. The van der Waals surface area contributed by atoms with Gasteiger partial charge >= 0.3 is 6.03 Å². The normalized spacial score (nSPS) is 14.1. The molecule has 1 aliphatic rings. The van der Waals surface area contributed by atoms with Crippen LogP contribution in [0.25, 0.3) is 6.08 Å². The average molecular weight is 589 g/mol. The third kappa shape index (κ3) is 6.28. The van der Waals surface area contributed by atoms with Gasteiger partial charge < -0.3 is 20.1 Å². The summed E-state index contributed by atoms with van der Waals surface area (Å²) in [5, 5.41) is 5.66. The number of nitrogens with one attached hydrogen (secondary N) is 2. The predicted molar refractivity (Wildman–Crippen MR) is 141 cm³/mol. The van der Waals surface area contributed by atoms with Crippen LogP contribution in [0.2, 0.25) is 5.02 Å². The molecular formula is C26H20BrClFN3O5. The Bertz CT molecular complexity index is 1380. The molecule has 3 aromatic rings. The Morgan fingerprint density at radius 1 is 1.08 bits per heavy atom. The van der Waals surface area contributed by atoms with Gasteiger partial charge in [0.1, 0.15) is 11.5 Å². The monoisotopic (exact) mass is 587 g/mol. The van der Waals surface area contributed by atoms with Crippen molar-refractivity contribution in [3.8, 4) is 11.5 Å². The number of halogens is 3. The molecule has 190 valence electrons. The van der Waals surface area contributed by atoms with Crippen molar-refractivity contribution in [1.29, 1.82) is 0 Å². The van der Waals surface area contributed by atoms with Gasteiger partial charge in [0, 0.05) is 15.2 Å². The van der Waals surface area contributed by atoms with Crippen LogP contribution in [0.5, 0.6) is 11.5 Å².